The molecule has 0 unspecified atom stereocenters. The van der Waals surface area contributed by atoms with E-state index < -0.39 is 0 Å². The van der Waals surface area contributed by atoms with Crippen LogP contribution in [0.2, 0.25) is 0 Å². The fourth-order valence-corrected chi connectivity index (χ4v) is 2.27. The first-order valence-corrected chi connectivity index (χ1v) is 7.38. The zero-order valence-corrected chi connectivity index (χ0v) is 12.9. The van der Waals surface area contributed by atoms with E-state index in [1.807, 2.05) is 29.1 Å². The number of aromatic nitrogens is 3. The van der Waals surface area contributed by atoms with Crippen LogP contribution in [0.4, 0.5) is 0 Å². The van der Waals surface area contributed by atoms with Crippen LogP contribution in [-0.2, 0) is 13.2 Å². The molecule has 2 aromatic heterocycles. The molecule has 0 fully saturated rings. The van der Waals surface area contributed by atoms with Gasteiger partial charge in [-0.05, 0) is 33.1 Å². The van der Waals surface area contributed by atoms with Gasteiger partial charge in [-0.3, -0.25) is 4.68 Å². The van der Waals surface area contributed by atoms with E-state index in [-0.39, 0.29) is 0 Å². The van der Waals surface area contributed by atoms with Crippen LogP contribution in [-0.4, -0.2) is 14.8 Å². The molecule has 4 nitrogen and oxygen atoms in total. The van der Waals surface area contributed by atoms with E-state index in [9.17, 15) is 0 Å². The largest absolute Gasteiger partial charge is 0.473 e. The van der Waals surface area contributed by atoms with Crippen LogP contribution in [0.5, 0.6) is 5.88 Å². The Balaban J connectivity index is 1.59. The molecule has 0 N–H and O–H groups in total. The number of benzene rings is 1. The summed E-state index contributed by atoms with van der Waals surface area (Å²) in [6, 6.07) is 13.9. The fourth-order valence-electron chi connectivity index (χ4n) is 1.94. The molecule has 0 saturated carbocycles. The molecule has 0 aliphatic carbocycles. The minimum Gasteiger partial charge on any atom is -0.473 e. The summed E-state index contributed by atoms with van der Waals surface area (Å²) < 4.78 is 8.50. The Kier molecular flexibility index (Phi) is 4.31. The molecule has 0 atom stereocenters. The summed E-state index contributed by atoms with van der Waals surface area (Å²) in [5.41, 5.74) is 2.32. The summed E-state index contributed by atoms with van der Waals surface area (Å²) >= 11 is 3.39. The molecule has 3 aromatic rings. The lowest BCUT2D eigenvalue weighted by Crippen LogP contribution is -2.01. The van der Waals surface area contributed by atoms with Gasteiger partial charge in [0.15, 0.2) is 0 Å². The average molecular weight is 344 g/mol. The van der Waals surface area contributed by atoms with Gasteiger partial charge >= 0.3 is 0 Å². The first-order chi connectivity index (χ1) is 10.3. The Bertz CT molecular complexity index is 695. The highest BCUT2D eigenvalue weighted by atomic mass is 79.9. The molecule has 0 radical (unpaired) electrons. The Morgan fingerprint density at radius 3 is 2.52 bits per heavy atom. The lowest BCUT2D eigenvalue weighted by Gasteiger charge is -2.06. The lowest BCUT2D eigenvalue weighted by molar-refractivity contribution is 0.294. The van der Waals surface area contributed by atoms with Crippen molar-refractivity contribution in [2.24, 2.45) is 0 Å². The van der Waals surface area contributed by atoms with Crippen molar-refractivity contribution in [2.45, 2.75) is 13.2 Å². The van der Waals surface area contributed by atoms with E-state index in [1.54, 1.807) is 12.4 Å². The molecule has 0 saturated heterocycles. The van der Waals surface area contributed by atoms with E-state index in [4.69, 9.17) is 4.74 Å². The van der Waals surface area contributed by atoms with Crippen LogP contribution < -0.4 is 4.74 Å². The molecule has 21 heavy (non-hydrogen) atoms. The van der Waals surface area contributed by atoms with Gasteiger partial charge in [-0.1, -0.05) is 30.3 Å². The van der Waals surface area contributed by atoms with E-state index in [0.29, 0.717) is 12.5 Å². The summed E-state index contributed by atoms with van der Waals surface area (Å²) in [6.45, 7) is 1.28. The third-order valence-electron chi connectivity index (χ3n) is 2.99. The van der Waals surface area contributed by atoms with Gasteiger partial charge in [-0.2, -0.15) is 5.10 Å². The zero-order valence-electron chi connectivity index (χ0n) is 11.3. The van der Waals surface area contributed by atoms with Gasteiger partial charge in [0, 0.05) is 18.5 Å². The number of hydrogen-bond donors (Lipinski definition) is 0. The summed E-state index contributed by atoms with van der Waals surface area (Å²) in [7, 11) is 0. The number of pyridine rings is 1. The molecule has 0 bridgehead atoms. The predicted molar refractivity (Wildman–Crippen MR) is 84.0 cm³/mol. The first-order valence-electron chi connectivity index (χ1n) is 6.59. The van der Waals surface area contributed by atoms with E-state index in [0.717, 1.165) is 16.6 Å². The average Bonchev–Trinajstić information content (AvgIpc) is 2.93. The molecule has 2 heterocycles. The maximum atomic E-state index is 5.62. The smallest absolute Gasteiger partial charge is 0.213 e. The molecule has 0 spiro atoms. The second-order valence-electron chi connectivity index (χ2n) is 4.63. The van der Waals surface area contributed by atoms with E-state index >= 15 is 0 Å². The molecular weight excluding hydrogens is 330 g/mol. The predicted octanol–water partition coefficient (Wildman–Crippen LogP) is 3.67. The molecule has 3 rings (SSSR count). The zero-order chi connectivity index (χ0) is 14.5. The second-order valence-corrected chi connectivity index (χ2v) is 5.54. The second kappa shape index (κ2) is 6.54. The molecular formula is C16H14BrN3O. The minimum atomic E-state index is 0.518. The Labute approximate surface area is 131 Å². The van der Waals surface area contributed by atoms with Gasteiger partial charge < -0.3 is 4.74 Å². The van der Waals surface area contributed by atoms with E-state index in [2.05, 4.69) is 50.3 Å². The first kappa shape index (κ1) is 13.8. The quantitative estimate of drug-likeness (QED) is 0.709. The van der Waals surface area contributed by atoms with Gasteiger partial charge in [0.25, 0.3) is 0 Å². The highest BCUT2D eigenvalue weighted by Gasteiger charge is 2.00. The van der Waals surface area contributed by atoms with Crippen molar-refractivity contribution < 1.29 is 4.74 Å². The molecule has 0 aliphatic rings. The summed E-state index contributed by atoms with van der Waals surface area (Å²) in [5.74, 6) is 0.642. The number of hydrogen-bond acceptors (Lipinski definition) is 3. The monoisotopic (exact) mass is 343 g/mol. The van der Waals surface area contributed by atoms with Gasteiger partial charge in [0.2, 0.25) is 5.88 Å². The molecule has 0 amide bonds. The van der Waals surface area contributed by atoms with Crippen LogP contribution in [0.1, 0.15) is 11.1 Å². The number of halogens is 1. The van der Waals surface area contributed by atoms with Gasteiger partial charge in [0.1, 0.15) is 6.61 Å². The summed E-state index contributed by atoms with van der Waals surface area (Å²) in [6.07, 6.45) is 5.47. The molecule has 0 aliphatic heterocycles. The standard InChI is InChI=1S/C16H14BrN3O/c17-15-9-19-20(11-15)10-13-4-6-14(7-5-13)12-21-16-3-1-2-8-18-16/h1-9,11H,10,12H2. The Morgan fingerprint density at radius 1 is 1.05 bits per heavy atom. The van der Waals surface area contributed by atoms with Crippen LogP contribution in [0, 0.1) is 0 Å². The van der Waals surface area contributed by atoms with Crippen molar-refractivity contribution in [2.75, 3.05) is 0 Å². The SMILES string of the molecule is Brc1cnn(Cc2ccc(COc3ccccn3)cc2)c1. The van der Waals surface area contributed by atoms with Crippen LogP contribution >= 0.6 is 15.9 Å². The topological polar surface area (TPSA) is 39.9 Å². The third kappa shape index (κ3) is 3.92. The normalized spacial score (nSPS) is 10.5. The van der Waals surface area contributed by atoms with E-state index in [1.165, 1.54) is 5.56 Å². The van der Waals surface area contributed by atoms with Crippen molar-refractivity contribution in [3.63, 3.8) is 0 Å². The Hall–Kier alpha value is -2.14. The van der Waals surface area contributed by atoms with Crippen molar-refractivity contribution in [1.29, 1.82) is 0 Å². The molecule has 106 valence electrons. The minimum absolute atomic E-state index is 0.518. The van der Waals surface area contributed by atoms with Crippen LogP contribution in [0.25, 0.3) is 0 Å². The number of ether oxygens (including phenoxy) is 1. The summed E-state index contributed by atoms with van der Waals surface area (Å²) in [5, 5.41) is 4.25. The van der Waals surface area contributed by atoms with Crippen LogP contribution in [0.15, 0.2) is 65.5 Å². The maximum Gasteiger partial charge on any atom is 0.213 e. The fraction of sp³-hybridized carbons (Fsp3) is 0.125. The van der Waals surface area contributed by atoms with Crippen molar-refractivity contribution in [3.05, 3.63) is 76.7 Å². The summed E-state index contributed by atoms with van der Waals surface area (Å²) in [4.78, 5) is 4.13. The van der Waals surface area contributed by atoms with Crippen LogP contribution in [0.3, 0.4) is 0 Å². The number of nitrogens with zero attached hydrogens (tertiary/aromatic N) is 3. The van der Waals surface area contributed by atoms with Gasteiger partial charge in [0.05, 0.1) is 17.2 Å². The highest BCUT2D eigenvalue weighted by molar-refractivity contribution is 9.10. The number of rotatable bonds is 5. The van der Waals surface area contributed by atoms with Crippen molar-refractivity contribution in [1.82, 2.24) is 14.8 Å². The Morgan fingerprint density at radius 2 is 1.86 bits per heavy atom. The van der Waals surface area contributed by atoms with Crippen molar-refractivity contribution in [3.8, 4) is 5.88 Å². The van der Waals surface area contributed by atoms with Gasteiger partial charge in [-0.25, -0.2) is 4.98 Å². The molecule has 1 aromatic carbocycles. The highest BCUT2D eigenvalue weighted by Crippen LogP contribution is 2.12. The maximum absolute atomic E-state index is 5.62. The molecule has 5 heteroatoms. The third-order valence-corrected chi connectivity index (χ3v) is 3.40. The van der Waals surface area contributed by atoms with Gasteiger partial charge in [-0.15, -0.1) is 0 Å². The van der Waals surface area contributed by atoms with Crippen molar-refractivity contribution >= 4 is 15.9 Å². The lowest BCUT2D eigenvalue weighted by atomic mass is 10.1.